The third-order valence-corrected chi connectivity index (χ3v) is 3.33. The molecule has 0 unspecified atom stereocenters. The number of non-ortho nitro benzene ring substituents is 1. The molecule has 8 nitrogen and oxygen atoms in total. The molecule has 0 fully saturated rings. The van der Waals surface area contributed by atoms with Crippen molar-refractivity contribution in [2.24, 2.45) is 0 Å². The first kappa shape index (κ1) is 17.2. The minimum atomic E-state index is -0.614. The number of rotatable bonds is 6. The lowest BCUT2D eigenvalue weighted by molar-refractivity contribution is -0.384. The molecule has 1 atom stereocenters. The van der Waals surface area contributed by atoms with Crippen LogP contribution < -0.4 is 15.4 Å². The number of aliphatic hydroxyl groups is 1. The number of hydrogen-bond donors (Lipinski definition) is 3. The molecule has 0 heterocycles. The summed E-state index contributed by atoms with van der Waals surface area (Å²) < 4.78 is 5.08. The van der Waals surface area contributed by atoms with Gasteiger partial charge in [0.05, 0.1) is 30.4 Å². The van der Waals surface area contributed by atoms with Crippen LogP contribution in [0.3, 0.4) is 0 Å². The summed E-state index contributed by atoms with van der Waals surface area (Å²) in [7, 11) is 1.39. The van der Waals surface area contributed by atoms with Gasteiger partial charge in [-0.05, 0) is 11.6 Å². The smallest absolute Gasteiger partial charge is 0.319 e. The molecular weight excluding hydrogens is 314 g/mol. The van der Waals surface area contributed by atoms with E-state index in [1.165, 1.54) is 25.3 Å². The fourth-order valence-electron chi connectivity index (χ4n) is 2.14. The monoisotopic (exact) mass is 331 g/mol. The zero-order valence-electron chi connectivity index (χ0n) is 12.9. The SMILES string of the molecule is COc1ccc([N+](=O)[O-])cc1NC(=O)N[C@@H](CO)c1ccccc1. The van der Waals surface area contributed by atoms with Crippen LogP contribution in [-0.4, -0.2) is 29.8 Å². The number of aliphatic hydroxyl groups excluding tert-OH is 1. The summed E-state index contributed by atoms with van der Waals surface area (Å²) in [5.41, 5.74) is 0.725. The van der Waals surface area contributed by atoms with Crippen molar-refractivity contribution < 1.29 is 19.6 Å². The number of amides is 2. The number of ether oxygens (including phenoxy) is 1. The van der Waals surface area contributed by atoms with E-state index in [1.54, 1.807) is 24.3 Å². The maximum Gasteiger partial charge on any atom is 0.319 e. The van der Waals surface area contributed by atoms with Crippen LogP contribution in [-0.2, 0) is 0 Å². The number of nitro groups is 1. The quantitative estimate of drug-likeness (QED) is 0.556. The zero-order valence-corrected chi connectivity index (χ0v) is 12.9. The van der Waals surface area contributed by atoms with Gasteiger partial charge >= 0.3 is 6.03 Å². The Morgan fingerprint density at radius 1 is 1.29 bits per heavy atom. The number of carbonyl (C=O) groups excluding carboxylic acids is 1. The van der Waals surface area contributed by atoms with Gasteiger partial charge < -0.3 is 20.5 Å². The standard InChI is InChI=1S/C16H17N3O5/c1-24-15-8-7-12(19(22)23)9-13(15)17-16(21)18-14(10-20)11-5-3-2-4-6-11/h2-9,14,20H,10H2,1H3,(H2,17,18,21)/t14-/m0/s1. The molecule has 0 aliphatic rings. The molecule has 3 N–H and O–H groups in total. The van der Waals surface area contributed by atoms with Gasteiger partial charge in [-0.2, -0.15) is 0 Å². The predicted molar refractivity (Wildman–Crippen MR) is 88.1 cm³/mol. The summed E-state index contributed by atoms with van der Waals surface area (Å²) in [6, 6.07) is 11.6. The number of urea groups is 1. The highest BCUT2D eigenvalue weighted by Crippen LogP contribution is 2.28. The van der Waals surface area contributed by atoms with Gasteiger partial charge in [-0.25, -0.2) is 4.79 Å². The number of benzene rings is 2. The Hall–Kier alpha value is -3.13. The average molecular weight is 331 g/mol. The van der Waals surface area contributed by atoms with E-state index in [-0.39, 0.29) is 23.7 Å². The molecule has 0 spiro atoms. The van der Waals surface area contributed by atoms with E-state index in [4.69, 9.17) is 4.74 Å². The van der Waals surface area contributed by atoms with E-state index in [0.717, 1.165) is 5.56 Å². The Morgan fingerprint density at radius 2 is 2.00 bits per heavy atom. The Bertz CT molecular complexity index is 721. The second-order valence-electron chi connectivity index (χ2n) is 4.89. The number of nitro benzene ring substituents is 1. The third-order valence-electron chi connectivity index (χ3n) is 3.33. The number of methoxy groups -OCH3 is 1. The van der Waals surface area contributed by atoms with E-state index in [0.29, 0.717) is 0 Å². The Morgan fingerprint density at radius 3 is 2.58 bits per heavy atom. The maximum absolute atomic E-state index is 12.1. The summed E-state index contributed by atoms with van der Waals surface area (Å²) in [6.45, 7) is -0.288. The predicted octanol–water partition coefficient (Wildman–Crippen LogP) is 2.46. The molecule has 0 saturated carbocycles. The van der Waals surface area contributed by atoms with Gasteiger partial charge in [0, 0.05) is 12.1 Å². The number of nitrogens with one attached hydrogen (secondary N) is 2. The van der Waals surface area contributed by atoms with E-state index in [2.05, 4.69) is 10.6 Å². The van der Waals surface area contributed by atoms with Crippen LogP contribution in [0.4, 0.5) is 16.2 Å². The Balaban J connectivity index is 2.14. The summed E-state index contributed by atoms with van der Waals surface area (Å²) in [6.07, 6.45) is 0. The van der Waals surface area contributed by atoms with Crippen molar-refractivity contribution in [3.63, 3.8) is 0 Å². The lowest BCUT2D eigenvalue weighted by atomic mass is 10.1. The summed E-state index contributed by atoms with van der Waals surface area (Å²) in [5.74, 6) is 0.288. The lowest BCUT2D eigenvalue weighted by Crippen LogP contribution is -2.34. The number of anilines is 1. The van der Waals surface area contributed by atoms with Crippen molar-refractivity contribution in [2.45, 2.75) is 6.04 Å². The molecule has 0 bridgehead atoms. The van der Waals surface area contributed by atoms with Crippen molar-refractivity contribution in [1.29, 1.82) is 0 Å². The van der Waals surface area contributed by atoms with Crippen molar-refractivity contribution in [3.05, 3.63) is 64.2 Å². The van der Waals surface area contributed by atoms with E-state index < -0.39 is 17.0 Å². The number of nitrogens with zero attached hydrogens (tertiary/aromatic N) is 1. The third kappa shape index (κ3) is 4.20. The van der Waals surface area contributed by atoms with Crippen molar-refractivity contribution in [2.75, 3.05) is 19.0 Å². The summed E-state index contributed by atoms with van der Waals surface area (Å²) >= 11 is 0. The highest BCUT2D eigenvalue weighted by Gasteiger charge is 2.17. The molecule has 2 amide bonds. The van der Waals surface area contributed by atoms with Gasteiger partial charge in [0.1, 0.15) is 5.75 Å². The van der Waals surface area contributed by atoms with Gasteiger partial charge in [0.2, 0.25) is 0 Å². The molecule has 0 aliphatic heterocycles. The van der Waals surface area contributed by atoms with Crippen molar-refractivity contribution >= 4 is 17.4 Å². The minimum absolute atomic E-state index is 0.161. The molecule has 126 valence electrons. The van der Waals surface area contributed by atoms with Gasteiger partial charge in [-0.3, -0.25) is 10.1 Å². The van der Waals surface area contributed by atoms with E-state index in [1.807, 2.05) is 6.07 Å². The van der Waals surface area contributed by atoms with Crippen LogP contribution in [0.15, 0.2) is 48.5 Å². The normalized spacial score (nSPS) is 11.4. The van der Waals surface area contributed by atoms with Gasteiger partial charge in [-0.1, -0.05) is 30.3 Å². The van der Waals surface area contributed by atoms with Crippen LogP contribution >= 0.6 is 0 Å². The van der Waals surface area contributed by atoms with Crippen LogP contribution in [0.5, 0.6) is 5.75 Å². The summed E-state index contributed by atoms with van der Waals surface area (Å²) in [5, 5.41) is 25.4. The molecular formula is C16H17N3O5. The van der Waals surface area contributed by atoms with Crippen LogP contribution in [0.2, 0.25) is 0 Å². The van der Waals surface area contributed by atoms with Crippen molar-refractivity contribution in [1.82, 2.24) is 5.32 Å². The van der Waals surface area contributed by atoms with Crippen LogP contribution in [0, 0.1) is 10.1 Å². The maximum atomic E-state index is 12.1. The molecule has 0 radical (unpaired) electrons. The molecule has 2 rings (SSSR count). The van der Waals surface area contributed by atoms with Crippen LogP contribution in [0.25, 0.3) is 0 Å². The van der Waals surface area contributed by atoms with Crippen molar-refractivity contribution in [3.8, 4) is 5.75 Å². The van der Waals surface area contributed by atoms with Gasteiger partial charge in [-0.15, -0.1) is 0 Å². The average Bonchev–Trinajstić information content (AvgIpc) is 2.60. The molecule has 0 aliphatic carbocycles. The molecule has 24 heavy (non-hydrogen) atoms. The van der Waals surface area contributed by atoms with Gasteiger partial charge in [0.15, 0.2) is 0 Å². The highest BCUT2D eigenvalue weighted by molar-refractivity contribution is 5.91. The summed E-state index contributed by atoms with van der Waals surface area (Å²) in [4.78, 5) is 22.4. The topological polar surface area (TPSA) is 114 Å². The fraction of sp³-hybridized carbons (Fsp3) is 0.188. The van der Waals surface area contributed by atoms with E-state index in [9.17, 15) is 20.0 Å². The Kier molecular flexibility index (Phi) is 5.69. The molecule has 0 aromatic heterocycles. The molecule has 8 heteroatoms. The highest BCUT2D eigenvalue weighted by atomic mass is 16.6. The zero-order chi connectivity index (χ0) is 17.5. The first-order valence-corrected chi connectivity index (χ1v) is 7.11. The minimum Gasteiger partial charge on any atom is -0.495 e. The van der Waals surface area contributed by atoms with Gasteiger partial charge in [0.25, 0.3) is 5.69 Å². The number of carbonyl (C=O) groups is 1. The van der Waals surface area contributed by atoms with E-state index >= 15 is 0 Å². The molecule has 0 saturated heterocycles. The first-order chi connectivity index (χ1) is 11.5. The Labute approximate surface area is 138 Å². The largest absolute Gasteiger partial charge is 0.495 e. The lowest BCUT2D eigenvalue weighted by Gasteiger charge is -2.18. The fourth-order valence-corrected chi connectivity index (χ4v) is 2.14. The second kappa shape index (κ2) is 7.93. The van der Waals surface area contributed by atoms with Crippen LogP contribution in [0.1, 0.15) is 11.6 Å². The molecule has 2 aromatic rings. The first-order valence-electron chi connectivity index (χ1n) is 7.11. The second-order valence-corrected chi connectivity index (χ2v) is 4.89. The number of hydrogen-bond acceptors (Lipinski definition) is 5. The molecule has 2 aromatic carbocycles.